The molecule has 164 valence electrons. The molecule has 0 bridgehead atoms. The smallest absolute Gasteiger partial charge is 0.295 e. The van der Waals surface area contributed by atoms with E-state index in [0.29, 0.717) is 16.9 Å². The van der Waals surface area contributed by atoms with Crippen LogP contribution in [0.2, 0.25) is 0 Å². The fourth-order valence-electron chi connectivity index (χ4n) is 3.21. The van der Waals surface area contributed by atoms with Crippen molar-refractivity contribution in [3.05, 3.63) is 69.6 Å². The molecule has 1 aromatic heterocycles. The van der Waals surface area contributed by atoms with E-state index in [2.05, 4.69) is 5.32 Å². The van der Waals surface area contributed by atoms with E-state index in [4.69, 9.17) is 9.47 Å². The topological polar surface area (TPSA) is 119 Å². The van der Waals surface area contributed by atoms with E-state index in [0.717, 1.165) is 0 Å². The highest BCUT2D eigenvalue weighted by molar-refractivity contribution is 6.09. The molecule has 9 nitrogen and oxygen atoms in total. The number of aromatic hydroxyl groups is 1. The minimum Gasteiger partial charge on any atom is -0.502 e. The molecule has 0 saturated heterocycles. The third-order valence-corrected chi connectivity index (χ3v) is 4.97. The van der Waals surface area contributed by atoms with Crippen LogP contribution in [0.15, 0.2) is 52.8 Å². The zero-order valence-electron chi connectivity index (χ0n) is 18.0. The van der Waals surface area contributed by atoms with Crippen molar-refractivity contribution in [1.29, 1.82) is 5.26 Å². The van der Waals surface area contributed by atoms with Gasteiger partial charge in [0.05, 0.1) is 25.6 Å². The van der Waals surface area contributed by atoms with Crippen LogP contribution in [0.5, 0.6) is 17.2 Å². The Hall–Kier alpha value is -4.45. The molecule has 3 aromatic rings. The number of anilines is 1. The maximum Gasteiger partial charge on any atom is 0.295 e. The maximum atomic E-state index is 13.0. The number of rotatable bonds is 6. The van der Waals surface area contributed by atoms with Crippen molar-refractivity contribution in [2.75, 3.05) is 19.5 Å². The van der Waals surface area contributed by atoms with Crippen molar-refractivity contribution in [3.63, 3.8) is 0 Å². The quantitative estimate of drug-likeness (QED) is 0.455. The van der Waals surface area contributed by atoms with Gasteiger partial charge < -0.3 is 19.9 Å². The van der Waals surface area contributed by atoms with Crippen molar-refractivity contribution < 1.29 is 19.4 Å². The summed E-state index contributed by atoms with van der Waals surface area (Å²) in [6.45, 7) is 1.70. The highest BCUT2D eigenvalue weighted by Gasteiger charge is 2.20. The molecule has 0 spiro atoms. The van der Waals surface area contributed by atoms with Crippen molar-refractivity contribution in [3.8, 4) is 29.0 Å². The largest absolute Gasteiger partial charge is 0.502 e. The van der Waals surface area contributed by atoms with Crippen molar-refractivity contribution >= 4 is 17.7 Å². The van der Waals surface area contributed by atoms with Gasteiger partial charge in [0.25, 0.3) is 11.5 Å². The summed E-state index contributed by atoms with van der Waals surface area (Å²) in [6.07, 6.45) is 1.31. The van der Waals surface area contributed by atoms with Crippen molar-refractivity contribution in [2.24, 2.45) is 7.05 Å². The molecule has 0 atom stereocenters. The maximum absolute atomic E-state index is 13.0. The molecule has 0 radical (unpaired) electrons. The molecule has 0 unspecified atom stereocenters. The molecule has 2 N–H and O–H groups in total. The predicted molar refractivity (Wildman–Crippen MR) is 119 cm³/mol. The highest BCUT2D eigenvalue weighted by atomic mass is 16.5. The Morgan fingerprint density at radius 2 is 1.75 bits per heavy atom. The van der Waals surface area contributed by atoms with Gasteiger partial charge in [0, 0.05) is 7.05 Å². The van der Waals surface area contributed by atoms with Crippen LogP contribution >= 0.6 is 0 Å². The minimum atomic E-state index is -0.746. The van der Waals surface area contributed by atoms with Crippen molar-refractivity contribution in [1.82, 2.24) is 9.36 Å². The Kier molecular flexibility index (Phi) is 6.35. The molecule has 32 heavy (non-hydrogen) atoms. The lowest BCUT2D eigenvalue weighted by molar-refractivity contribution is -0.112. The van der Waals surface area contributed by atoms with Crippen LogP contribution in [-0.4, -0.2) is 34.6 Å². The molecule has 0 aliphatic heterocycles. The molecule has 9 heteroatoms. The van der Waals surface area contributed by atoms with E-state index in [1.807, 2.05) is 12.1 Å². The number of amides is 1. The Balaban J connectivity index is 1.98. The molecule has 0 aliphatic carbocycles. The number of nitriles is 1. The number of phenols is 1. The van der Waals surface area contributed by atoms with E-state index >= 15 is 0 Å². The van der Waals surface area contributed by atoms with Crippen LogP contribution in [0.1, 0.15) is 11.3 Å². The summed E-state index contributed by atoms with van der Waals surface area (Å²) in [5.74, 6) is -0.697. The number of para-hydroxylation sites is 1. The summed E-state index contributed by atoms with van der Waals surface area (Å²) in [6, 6.07) is 13.8. The van der Waals surface area contributed by atoms with Gasteiger partial charge in [0.2, 0.25) is 5.75 Å². The first kappa shape index (κ1) is 22.2. The van der Waals surface area contributed by atoms with Crippen LogP contribution < -0.4 is 20.3 Å². The first-order chi connectivity index (χ1) is 15.3. The van der Waals surface area contributed by atoms with Gasteiger partial charge in [0.1, 0.15) is 17.3 Å². The number of ether oxygens (including phenoxy) is 2. The summed E-state index contributed by atoms with van der Waals surface area (Å²) in [5.41, 5.74) is 0.974. The summed E-state index contributed by atoms with van der Waals surface area (Å²) >= 11 is 0. The van der Waals surface area contributed by atoms with Crippen molar-refractivity contribution in [2.45, 2.75) is 6.92 Å². The second kappa shape index (κ2) is 9.14. The van der Waals surface area contributed by atoms with Gasteiger partial charge in [-0.25, -0.2) is 4.68 Å². The Bertz CT molecular complexity index is 1270. The summed E-state index contributed by atoms with van der Waals surface area (Å²) in [7, 11) is 4.45. The normalized spacial score (nSPS) is 11.0. The lowest BCUT2D eigenvalue weighted by Crippen LogP contribution is -2.23. The number of nitrogens with one attached hydrogen (secondary N) is 1. The standard InChI is InChI=1S/C23H22N4O5/c1-14-20(23(30)27(26(14)2)17-8-6-5-7-9-17)25-22(29)16(13-24)10-15-11-18(31-3)21(28)19(12-15)32-4/h5-12,28H,1-4H3,(H,25,29). The summed E-state index contributed by atoms with van der Waals surface area (Å²) in [4.78, 5) is 25.8. The van der Waals surface area contributed by atoms with E-state index in [-0.39, 0.29) is 28.5 Å². The second-order valence-electron chi connectivity index (χ2n) is 6.83. The van der Waals surface area contributed by atoms with Gasteiger partial charge in [-0.05, 0) is 42.8 Å². The second-order valence-corrected chi connectivity index (χ2v) is 6.83. The Morgan fingerprint density at radius 1 is 1.16 bits per heavy atom. The Labute approximate surface area is 184 Å². The number of carbonyl (C=O) groups is 1. The van der Waals surface area contributed by atoms with Gasteiger partial charge in [-0.1, -0.05) is 18.2 Å². The van der Waals surface area contributed by atoms with E-state index in [1.54, 1.807) is 42.9 Å². The first-order valence-corrected chi connectivity index (χ1v) is 9.54. The van der Waals surface area contributed by atoms with Gasteiger partial charge in [-0.2, -0.15) is 5.26 Å². The lowest BCUT2D eigenvalue weighted by Gasteiger charge is -2.10. The van der Waals surface area contributed by atoms with Crippen LogP contribution in [0.25, 0.3) is 11.8 Å². The SMILES string of the molecule is COc1cc(C=C(C#N)C(=O)Nc2c(C)n(C)n(-c3ccccc3)c2=O)cc(OC)c1O. The number of phenolic OH excluding ortho intramolecular Hbond substituents is 1. The minimum absolute atomic E-state index is 0.0726. The number of aromatic nitrogens is 2. The predicted octanol–water partition coefficient (Wildman–Crippen LogP) is 2.75. The molecular weight excluding hydrogens is 412 g/mol. The van der Waals surface area contributed by atoms with Gasteiger partial charge in [0.15, 0.2) is 11.5 Å². The van der Waals surface area contributed by atoms with Gasteiger partial charge in [-0.15, -0.1) is 0 Å². The zero-order valence-corrected chi connectivity index (χ0v) is 18.0. The number of hydrogen-bond donors (Lipinski definition) is 2. The average Bonchev–Trinajstić information content (AvgIpc) is 3.01. The van der Waals surface area contributed by atoms with Gasteiger partial charge in [-0.3, -0.25) is 14.3 Å². The highest BCUT2D eigenvalue weighted by Crippen LogP contribution is 2.37. The molecule has 2 aromatic carbocycles. The number of carbonyl (C=O) groups excluding carboxylic acids is 1. The monoisotopic (exact) mass is 434 g/mol. The molecule has 1 heterocycles. The van der Waals surface area contributed by atoms with E-state index in [1.165, 1.54) is 37.1 Å². The average molecular weight is 434 g/mol. The molecule has 0 aliphatic rings. The number of hydrogen-bond acceptors (Lipinski definition) is 6. The third-order valence-electron chi connectivity index (χ3n) is 4.97. The number of benzene rings is 2. The number of methoxy groups -OCH3 is 2. The first-order valence-electron chi connectivity index (χ1n) is 9.54. The Morgan fingerprint density at radius 3 is 2.28 bits per heavy atom. The number of nitrogens with zero attached hydrogens (tertiary/aromatic N) is 3. The lowest BCUT2D eigenvalue weighted by atomic mass is 10.1. The van der Waals surface area contributed by atoms with Crippen LogP contribution in [0.3, 0.4) is 0 Å². The van der Waals surface area contributed by atoms with E-state index in [9.17, 15) is 20.0 Å². The molecule has 0 fully saturated rings. The molecule has 3 rings (SSSR count). The van der Waals surface area contributed by atoms with E-state index < -0.39 is 11.5 Å². The summed E-state index contributed by atoms with van der Waals surface area (Å²) in [5, 5.41) is 22.1. The molecule has 0 saturated carbocycles. The molecule has 1 amide bonds. The third kappa shape index (κ3) is 4.06. The zero-order chi connectivity index (χ0) is 23.4. The van der Waals surface area contributed by atoms with Crippen LogP contribution in [0, 0.1) is 18.3 Å². The fraction of sp³-hybridized carbons (Fsp3) is 0.174. The van der Waals surface area contributed by atoms with Crippen LogP contribution in [0.4, 0.5) is 5.69 Å². The summed E-state index contributed by atoms with van der Waals surface area (Å²) < 4.78 is 13.2. The fourth-order valence-corrected chi connectivity index (χ4v) is 3.21. The van der Waals surface area contributed by atoms with Crippen LogP contribution in [-0.2, 0) is 11.8 Å². The van der Waals surface area contributed by atoms with Gasteiger partial charge >= 0.3 is 0 Å². The molecular formula is C23H22N4O5.